The predicted molar refractivity (Wildman–Crippen MR) is 258 cm³/mol. The van der Waals surface area contributed by atoms with Crippen LogP contribution in [0.25, 0.3) is 32.4 Å². The van der Waals surface area contributed by atoms with Crippen molar-refractivity contribution in [3.63, 3.8) is 0 Å². The van der Waals surface area contributed by atoms with Crippen LogP contribution in [0.4, 0.5) is 19.0 Å². The lowest BCUT2D eigenvalue weighted by Crippen LogP contribution is -2.54. The van der Waals surface area contributed by atoms with Gasteiger partial charge in [0.15, 0.2) is 19.7 Å². The van der Waals surface area contributed by atoms with Gasteiger partial charge in [0.05, 0.1) is 70.8 Å². The third-order valence-electron chi connectivity index (χ3n) is 14.1. The largest absolute Gasteiger partial charge is 0.496 e. The first-order valence-electron chi connectivity index (χ1n) is 22.5. The summed E-state index contributed by atoms with van der Waals surface area (Å²) in [4.78, 5) is 39.0. The van der Waals surface area contributed by atoms with Gasteiger partial charge in [-0.1, -0.05) is 43.4 Å². The first kappa shape index (κ1) is 48.6. The number of nitrogens with zero attached hydrogens (tertiary/aromatic N) is 8. The van der Waals surface area contributed by atoms with E-state index in [1.54, 1.807) is 33.6 Å². The minimum atomic E-state index is -3.46. The standard InChI is InChI=1S/C25H32FN5O4S2.C20H21FN4O5S2/c1-24(2,3)15-28-21(32)18-7-12-37(33,34)25(18)8-10-30(11-9-25)23-29-31-19(14-27-22(31)36-23)17-6-5-16(26)13-20(17)35-4;1-30-16-10-12(21)2-3-13(16)15-11-22-18-25(15)23-19(31-18)24-7-5-20(6-8-24)14(17(26)27)4-9-32(20,28)29/h5-6,13-14,18H,7-12,15H2,1-4H3,(H,28,32);2-3,10-11,14H,4-9H2,1H3,(H,26,27). The summed E-state index contributed by atoms with van der Waals surface area (Å²) in [6, 6.07) is 8.57. The second-order valence-electron chi connectivity index (χ2n) is 19.2. The van der Waals surface area contributed by atoms with E-state index in [0.717, 1.165) is 5.13 Å². The van der Waals surface area contributed by atoms with E-state index in [0.29, 0.717) is 101 Å². The maximum atomic E-state index is 13.7. The Bertz CT molecular complexity index is 3170. The number of methoxy groups -OCH3 is 2. The van der Waals surface area contributed by atoms with Gasteiger partial charge in [-0.15, -0.1) is 10.2 Å². The van der Waals surface area contributed by atoms with Gasteiger partial charge < -0.3 is 29.7 Å². The molecule has 2 aromatic carbocycles. The van der Waals surface area contributed by atoms with Crippen LogP contribution in [0.1, 0.15) is 59.3 Å². The first-order valence-corrected chi connectivity index (χ1v) is 27.5. The van der Waals surface area contributed by atoms with Crippen molar-refractivity contribution in [2.75, 3.05) is 68.2 Å². The molecule has 4 aliphatic rings. The summed E-state index contributed by atoms with van der Waals surface area (Å²) >= 11 is 2.77. The highest BCUT2D eigenvalue weighted by molar-refractivity contribution is 7.93. The summed E-state index contributed by atoms with van der Waals surface area (Å²) in [6.45, 7) is 8.37. The molecule has 2 N–H and O–H groups in total. The smallest absolute Gasteiger partial charge is 0.308 e. The quantitative estimate of drug-likeness (QED) is 0.170. The lowest BCUT2D eigenvalue weighted by atomic mass is 9.81. The van der Waals surface area contributed by atoms with Crippen LogP contribution in [0.3, 0.4) is 0 Å². The van der Waals surface area contributed by atoms with Crippen LogP contribution in [0.5, 0.6) is 11.5 Å². The third-order valence-corrected chi connectivity index (χ3v) is 21.4. The molecule has 69 heavy (non-hydrogen) atoms. The van der Waals surface area contributed by atoms with Gasteiger partial charge in [0.25, 0.3) is 0 Å². The van der Waals surface area contributed by atoms with Crippen LogP contribution >= 0.6 is 22.7 Å². The summed E-state index contributed by atoms with van der Waals surface area (Å²) in [7, 11) is -3.91. The van der Waals surface area contributed by atoms with E-state index in [2.05, 4.69) is 25.3 Å². The van der Waals surface area contributed by atoms with E-state index in [1.165, 1.54) is 61.2 Å². The minimum Gasteiger partial charge on any atom is -0.496 e. The molecule has 0 saturated carbocycles. The molecular formula is C45H53F2N9O9S4. The van der Waals surface area contributed by atoms with Crippen molar-refractivity contribution in [2.24, 2.45) is 17.3 Å². The SMILES string of the molecule is COc1cc(F)ccc1-c1cnc2sc(N3CCC4(CC3)C(C(=O)NCC(C)(C)C)CCS4(=O)=O)nn12.COc1cc(F)ccc1-c1cnc2sc(N3CCC4(CC3)C(C(=O)O)CCS4(=O)=O)nn12. The molecule has 370 valence electrons. The number of carboxylic acid groups (broad SMARTS) is 1. The van der Waals surface area contributed by atoms with Crippen LogP contribution in [0, 0.1) is 28.9 Å². The maximum absolute atomic E-state index is 13.7. The van der Waals surface area contributed by atoms with Gasteiger partial charge >= 0.3 is 5.97 Å². The zero-order chi connectivity index (χ0) is 49.3. The van der Waals surface area contributed by atoms with Gasteiger partial charge in [0, 0.05) is 56.0 Å². The summed E-state index contributed by atoms with van der Waals surface area (Å²) in [5.41, 5.74) is 2.57. The summed E-state index contributed by atoms with van der Waals surface area (Å²) < 4.78 is 91.0. The van der Waals surface area contributed by atoms with E-state index in [9.17, 15) is 40.3 Å². The first-order chi connectivity index (χ1) is 32.7. The number of nitrogens with one attached hydrogen (secondary N) is 1. The average molecular weight is 1030 g/mol. The number of hydrogen-bond donors (Lipinski definition) is 2. The van der Waals surface area contributed by atoms with E-state index < -0.39 is 58.6 Å². The molecule has 2 unspecified atom stereocenters. The second-order valence-corrected chi connectivity index (χ2v) is 25.9. The van der Waals surface area contributed by atoms with Crippen molar-refractivity contribution in [3.8, 4) is 34.0 Å². The van der Waals surface area contributed by atoms with Crippen LogP contribution in [-0.2, 0) is 29.3 Å². The number of halogens is 2. The molecule has 4 fully saturated rings. The Balaban J connectivity index is 0.000000174. The number of carboxylic acids is 1. The topological polar surface area (TPSA) is 220 Å². The maximum Gasteiger partial charge on any atom is 0.308 e. The van der Waals surface area contributed by atoms with Crippen molar-refractivity contribution in [1.82, 2.24) is 34.5 Å². The minimum absolute atomic E-state index is 0.0501. The number of ether oxygens (including phenoxy) is 2. The molecule has 0 radical (unpaired) electrons. The monoisotopic (exact) mass is 1030 g/mol. The molecule has 0 bridgehead atoms. The molecule has 0 aliphatic carbocycles. The highest BCUT2D eigenvalue weighted by Gasteiger charge is 2.60. The lowest BCUT2D eigenvalue weighted by Gasteiger charge is -2.41. The molecule has 1 amide bonds. The third kappa shape index (κ3) is 8.68. The summed E-state index contributed by atoms with van der Waals surface area (Å²) in [6.07, 6.45) is 5.13. The molecule has 4 aliphatic heterocycles. The van der Waals surface area contributed by atoms with Gasteiger partial charge in [0.2, 0.25) is 26.1 Å². The predicted octanol–water partition coefficient (Wildman–Crippen LogP) is 6.01. The zero-order valence-electron chi connectivity index (χ0n) is 38.6. The summed E-state index contributed by atoms with van der Waals surface area (Å²) in [5, 5.41) is 23.4. The number of piperidine rings is 2. The fourth-order valence-corrected chi connectivity index (χ4v) is 17.0. The summed E-state index contributed by atoms with van der Waals surface area (Å²) in [5.74, 6) is -2.66. The Morgan fingerprint density at radius 3 is 1.57 bits per heavy atom. The van der Waals surface area contributed by atoms with Gasteiger partial charge in [-0.3, -0.25) is 9.59 Å². The number of carbonyl (C=O) groups excluding carboxylic acids is 1. The molecule has 10 rings (SSSR count). The number of carbonyl (C=O) groups is 2. The van der Waals surface area contributed by atoms with Crippen LogP contribution in [0.2, 0.25) is 0 Å². The molecule has 4 aromatic heterocycles. The number of fused-ring (bicyclic) bond motifs is 2. The van der Waals surface area contributed by atoms with E-state index in [4.69, 9.17) is 14.6 Å². The molecule has 4 saturated heterocycles. The highest BCUT2D eigenvalue weighted by atomic mass is 32.2. The Kier molecular flexibility index (Phi) is 12.7. The average Bonchev–Trinajstić information content (AvgIpc) is 4.16. The second kappa shape index (κ2) is 18.1. The number of sulfone groups is 2. The Morgan fingerprint density at radius 2 is 1.16 bits per heavy atom. The van der Waals surface area contributed by atoms with Crippen molar-refractivity contribution in [1.29, 1.82) is 0 Å². The van der Waals surface area contributed by atoms with Gasteiger partial charge in [-0.25, -0.2) is 44.6 Å². The fraction of sp³-hybridized carbons (Fsp3) is 0.511. The van der Waals surface area contributed by atoms with E-state index in [1.807, 2.05) is 25.7 Å². The van der Waals surface area contributed by atoms with Crippen molar-refractivity contribution >= 4 is 74.4 Å². The Labute approximate surface area is 405 Å². The number of benzene rings is 2. The number of hydrogen-bond acceptors (Lipinski definition) is 16. The van der Waals surface area contributed by atoms with Gasteiger partial charge in [-0.05, 0) is 68.2 Å². The van der Waals surface area contributed by atoms with Crippen molar-refractivity contribution in [2.45, 2.75) is 68.8 Å². The molecule has 6 aromatic rings. The fourth-order valence-electron chi connectivity index (χ4n) is 10.3. The number of imidazole rings is 2. The molecule has 24 heteroatoms. The van der Waals surface area contributed by atoms with Gasteiger partial charge in [-0.2, -0.15) is 0 Å². The Hall–Kier alpha value is -5.46. The molecule has 8 heterocycles. The van der Waals surface area contributed by atoms with E-state index >= 15 is 0 Å². The van der Waals surface area contributed by atoms with Gasteiger partial charge in [0.1, 0.15) is 23.1 Å². The number of rotatable bonds is 9. The molecule has 2 atom stereocenters. The highest BCUT2D eigenvalue weighted by Crippen LogP contribution is 2.48. The Morgan fingerprint density at radius 1 is 0.739 bits per heavy atom. The number of aliphatic carboxylic acids is 1. The molecule has 18 nitrogen and oxygen atoms in total. The zero-order valence-corrected chi connectivity index (χ0v) is 41.9. The van der Waals surface area contributed by atoms with Crippen molar-refractivity contribution in [3.05, 3.63) is 60.4 Å². The van der Waals surface area contributed by atoms with Crippen LogP contribution in [0.15, 0.2) is 48.8 Å². The number of aromatic nitrogens is 6. The molecular weight excluding hydrogens is 977 g/mol. The number of amides is 1. The normalized spacial score (nSPS) is 21.4. The number of anilines is 2. The lowest BCUT2D eigenvalue weighted by molar-refractivity contribution is -0.143. The van der Waals surface area contributed by atoms with Crippen molar-refractivity contribution < 1.29 is 49.8 Å². The van der Waals surface area contributed by atoms with Crippen LogP contribution in [-0.4, -0.2) is 131 Å². The molecule has 2 spiro atoms. The van der Waals surface area contributed by atoms with Crippen LogP contribution < -0.4 is 24.6 Å². The van der Waals surface area contributed by atoms with E-state index in [-0.39, 0.29) is 42.1 Å².